The van der Waals surface area contributed by atoms with E-state index in [1.807, 2.05) is 6.08 Å². The Hall–Kier alpha value is -1.92. The molecule has 0 aliphatic heterocycles. The summed E-state index contributed by atoms with van der Waals surface area (Å²) in [6, 6.07) is -0.629. The number of carbonyl (C=O) groups is 2. The number of hydrogen-bond donors (Lipinski definition) is 3. The lowest BCUT2D eigenvalue weighted by Gasteiger charge is -2.20. The summed E-state index contributed by atoms with van der Waals surface area (Å²) in [5, 5.41) is 23.3. The smallest absolute Gasteiger partial charge is 0.305 e. The van der Waals surface area contributed by atoms with Gasteiger partial charge >= 0.3 is 5.97 Å². The van der Waals surface area contributed by atoms with E-state index in [2.05, 4.69) is 43.5 Å². The summed E-state index contributed by atoms with van der Waals surface area (Å²) in [6.07, 6.45) is 90.8. The number of ether oxygens (including phenoxy) is 1. The summed E-state index contributed by atoms with van der Waals surface area (Å²) in [7, 11) is 0. The maximum Gasteiger partial charge on any atom is 0.305 e. The molecule has 0 radical (unpaired) electrons. The van der Waals surface area contributed by atoms with Crippen molar-refractivity contribution in [1.82, 2.24) is 5.32 Å². The van der Waals surface area contributed by atoms with Crippen LogP contribution in [-0.2, 0) is 14.3 Å². The number of rotatable bonds is 69. The summed E-state index contributed by atoms with van der Waals surface area (Å²) in [5.74, 6) is -0.0560. The van der Waals surface area contributed by atoms with Crippen LogP contribution < -0.4 is 5.32 Å². The minimum absolute atomic E-state index is 0.00732. The van der Waals surface area contributed by atoms with Gasteiger partial charge in [0.2, 0.25) is 5.91 Å². The van der Waals surface area contributed by atoms with Crippen molar-refractivity contribution in [2.45, 2.75) is 418 Å². The lowest BCUT2D eigenvalue weighted by atomic mass is 10.0. The summed E-state index contributed by atoms with van der Waals surface area (Å²) < 4.78 is 5.50. The van der Waals surface area contributed by atoms with Crippen molar-refractivity contribution in [2.24, 2.45) is 0 Å². The maximum absolute atomic E-state index is 12.5. The quantitative estimate of drug-likeness (QED) is 0.0320. The van der Waals surface area contributed by atoms with Gasteiger partial charge in [-0.1, -0.05) is 365 Å². The Kier molecular flexibility index (Phi) is 68.9. The first kappa shape index (κ1) is 79.1. The third kappa shape index (κ3) is 67.1. The number of esters is 1. The topological polar surface area (TPSA) is 95.9 Å². The van der Waals surface area contributed by atoms with Crippen molar-refractivity contribution >= 4 is 11.9 Å². The fraction of sp³-hybridized carbons (Fsp3) is 0.893. The summed E-state index contributed by atoms with van der Waals surface area (Å²) in [6.45, 7) is 4.92. The van der Waals surface area contributed by atoms with Crippen molar-refractivity contribution in [3.8, 4) is 0 Å². The zero-order chi connectivity index (χ0) is 58.5. The molecule has 2 unspecified atom stereocenters. The van der Waals surface area contributed by atoms with E-state index in [1.54, 1.807) is 6.08 Å². The van der Waals surface area contributed by atoms with Gasteiger partial charge in [-0.05, 0) is 64.2 Å². The van der Waals surface area contributed by atoms with Gasteiger partial charge in [0, 0.05) is 12.8 Å². The van der Waals surface area contributed by atoms with E-state index in [9.17, 15) is 19.8 Å². The Labute approximate surface area is 506 Å². The van der Waals surface area contributed by atoms with Crippen LogP contribution >= 0.6 is 0 Å². The van der Waals surface area contributed by atoms with E-state index in [0.29, 0.717) is 19.4 Å². The third-order valence-electron chi connectivity index (χ3n) is 17.2. The van der Waals surface area contributed by atoms with Crippen LogP contribution in [0.3, 0.4) is 0 Å². The highest BCUT2D eigenvalue weighted by Crippen LogP contribution is 2.19. The zero-order valence-corrected chi connectivity index (χ0v) is 54.8. The van der Waals surface area contributed by atoms with Gasteiger partial charge in [0.05, 0.1) is 25.4 Å². The van der Waals surface area contributed by atoms with Gasteiger partial charge in [-0.3, -0.25) is 9.59 Å². The van der Waals surface area contributed by atoms with Crippen molar-refractivity contribution in [1.29, 1.82) is 0 Å². The molecule has 0 rings (SSSR count). The molecule has 2 atom stereocenters. The molecule has 0 aromatic heterocycles. The molecule has 6 heteroatoms. The molecule has 0 fully saturated rings. The second-order valence-electron chi connectivity index (χ2n) is 25.3. The molecule has 0 saturated carbocycles. The van der Waals surface area contributed by atoms with Crippen LogP contribution in [-0.4, -0.2) is 47.4 Å². The van der Waals surface area contributed by atoms with Gasteiger partial charge in [-0.2, -0.15) is 0 Å². The summed E-state index contributed by atoms with van der Waals surface area (Å²) in [5.41, 5.74) is 0. The Bertz CT molecular complexity index is 1310. The summed E-state index contributed by atoms with van der Waals surface area (Å²) >= 11 is 0. The first-order chi connectivity index (χ1) is 40.0. The predicted molar refractivity (Wildman–Crippen MR) is 356 cm³/mol. The molecule has 0 aromatic carbocycles. The van der Waals surface area contributed by atoms with Crippen LogP contribution in [0.2, 0.25) is 0 Å². The Morgan fingerprint density at radius 2 is 0.617 bits per heavy atom. The minimum atomic E-state index is -0.846. The molecule has 1 amide bonds. The second kappa shape index (κ2) is 70.6. The molecule has 3 N–H and O–H groups in total. The average molecular weight is 1140 g/mol. The van der Waals surface area contributed by atoms with Crippen LogP contribution in [0.15, 0.2) is 36.5 Å². The lowest BCUT2D eigenvalue weighted by molar-refractivity contribution is -0.143. The van der Waals surface area contributed by atoms with Crippen LogP contribution in [0.5, 0.6) is 0 Å². The van der Waals surface area contributed by atoms with Crippen LogP contribution in [0.25, 0.3) is 0 Å². The number of nitrogens with one attached hydrogen (secondary N) is 1. The molecular formula is C75H143NO5. The number of allylic oxidation sites excluding steroid dienone is 5. The lowest BCUT2D eigenvalue weighted by Crippen LogP contribution is -2.45. The highest BCUT2D eigenvalue weighted by atomic mass is 16.5. The van der Waals surface area contributed by atoms with Gasteiger partial charge in [-0.25, -0.2) is 0 Å². The summed E-state index contributed by atoms with van der Waals surface area (Å²) in [4.78, 5) is 24.6. The van der Waals surface area contributed by atoms with E-state index in [1.165, 1.54) is 327 Å². The Balaban J connectivity index is 3.40. The molecule has 0 aromatic rings. The van der Waals surface area contributed by atoms with Gasteiger partial charge in [0.25, 0.3) is 0 Å². The monoisotopic (exact) mass is 1140 g/mol. The van der Waals surface area contributed by atoms with Crippen molar-refractivity contribution in [3.05, 3.63) is 36.5 Å². The Morgan fingerprint density at radius 3 is 0.951 bits per heavy atom. The fourth-order valence-corrected chi connectivity index (χ4v) is 11.6. The molecule has 0 bridgehead atoms. The minimum Gasteiger partial charge on any atom is -0.466 e. The SMILES string of the molecule is CCCCCC/C=C\C/C=C\CCCCCCCCCC(=O)OCCCCCCCCCCCCCCCCCCCCCCCCCC(=O)NC(CO)C(O)/C=C/CCCCCCCCCCCCCCCCCCCCCCC. The molecule has 6 nitrogen and oxygen atoms in total. The van der Waals surface area contributed by atoms with Gasteiger partial charge < -0.3 is 20.3 Å². The number of amides is 1. The first-order valence-corrected chi connectivity index (χ1v) is 36.8. The van der Waals surface area contributed by atoms with Gasteiger partial charge in [-0.15, -0.1) is 0 Å². The number of carbonyl (C=O) groups excluding carboxylic acids is 2. The van der Waals surface area contributed by atoms with Gasteiger partial charge in [0.1, 0.15) is 0 Å². The number of unbranched alkanes of at least 4 members (excludes halogenated alkanes) is 54. The molecule has 81 heavy (non-hydrogen) atoms. The van der Waals surface area contributed by atoms with Crippen molar-refractivity contribution in [2.75, 3.05) is 13.2 Å². The normalized spacial score (nSPS) is 12.7. The standard InChI is InChI=1S/C75H143NO5/c1-3-5-7-9-11-13-15-17-19-21-23-24-26-29-32-35-39-43-47-51-55-59-63-67-73(78)72(71-77)76-74(79)68-64-60-56-52-48-44-40-36-33-30-27-25-28-31-34-38-42-46-50-54-58-62-66-70-81-75(80)69-65-61-57-53-49-45-41-37-22-20-18-16-14-12-10-8-6-4-2/h14,16,20,22,63,67,72-73,77-78H,3-13,15,17-19,21,23-62,64-66,68-71H2,1-2H3,(H,76,79)/b16-14-,22-20-,67-63+. The number of aliphatic hydroxyl groups excluding tert-OH is 2. The highest BCUT2D eigenvalue weighted by molar-refractivity contribution is 5.76. The molecule has 0 spiro atoms. The van der Waals surface area contributed by atoms with Gasteiger partial charge in [0.15, 0.2) is 0 Å². The number of hydrogen-bond acceptors (Lipinski definition) is 5. The van der Waals surface area contributed by atoms with Crippen molar-refractivity contribution < 1.29 is 24.5 Å². The molecule has 0 aliphatic rings. The highest BCUT2D eigenvalue weighted by Gasteiger charge is 2.18. The van der Waals surface area contributed by atoms with E-state index in [4.69, 9.17) is 4.74 Å². The predicted octanol–water partition coefficient (Wildman–Crippen LogP) is 23.9. The van der Waals surface area contributed by atoms with Crippen molar-refractivity contribution in [3.63, 3.8) is 0 Å². The van der Waals surface area contributed by atoms with Crippen LogP contribution in [0.1, 0.15) is 406 Å². The van der Waals surface area contributed by atoms with E-state index in [0.717, 1.165) is 51.4 Å². The van der Waals surface area contributed by atoms with Crippen LogP contribution in [0, 0.1) is 0 Å². The zero-order valence-electron chi connectivity index (χ0n) is 54.8. The molecule has 0 heterocycles. The molecule has 0 saturated heterocycles. The molecular weight excluding hydrogens is 995 g/mol. The molecule has 0 aliphatic carbocycles. The van der Waals surface area contributed by atoms with Crippen LogP contribution in [0.4, 0.5) is 0 Å². The second-order valence-corrected chi connectivity index (χ2v) is 25.3. The largest absolute Gasteiger partial charge is 0.466 e. The number of aliphatic hydroxyl groups is 2. The first-order valence-electron chi connectivity index (χ1n) is 36.8. The van der Waals surface area contributed by atoms with E-state index >= 15 is 0 Å². The maximum atomic E-state index is 12.5. The Morgan fingerprint density at radius 1 is 0.346 bits per heavy atom. The molecule has 478 valence electrons. The average Bonchev–Trinajstić information content (AvgIpc) is 3.47. The van der Waals surface area contributed by atoms with E-state index < -0.39 is 12.1 Å². The fourth-order valence-electron chi connectivity index (χ4n) is 11.6. The third-order valence-corrected chi connectivity index (χ3v) is 17.2. The van der Waals surface area contributed by atoms with E-state index in [-0.39, 0.29) is 18.5 Å².